The first kappa shape index (κ1) is 11.6. The zero-order chi connectivity index (χ0) is 11.1. The Balaban J connectivity index is 2.45. The molecule has 1 aromatic carbocycles. The first-order valence-electron chi connectivity index (χ1n) is 5.18. The molecule has 0 heterocycles. The number of anilines is 1. The van der Waals surface area contributed by atoms with Crippen molar-refractivity contribution in [2.45, 2.75) is 26.9 Å². The molecule has 1 rings (SSSR count). The van der Waals surface area contributed by atoms with Gasteiger partial charge >= 0.3 is 5.97 Å². The van der Waals surface area contributed by atoms with Crippen LogP contribution in [0.4, 0.5) is 5.69 Å². The monoisotopic (exact) mass is 207 g/mol. The Morgan fingerprint density at radius 2 is 2.00 bits per heavy atom. The maximum atomic E-state index is 10.6. The van der Waals surface area contributed by atoms with Crippen molar-refractivity contribution in [3.63, 3.8) is 0 Å². The summed E-state index contributed by atoms with van der Waals surface area (Å²) < 4.78 is 4.89. The van der Waals surface area contributed by atoms with Crippen molar-refractivity contribution in [3.05, 3.63) is 29.8 Å². The van der Waals surface area contributed by atoms with Crippen molar-refractivity contribution >= 4 is 11.7 Å². The molecular weight excluding hydrogens is 190 g/mol. The van der Waals surface area contributed by atoms with E-state index in [0.29, 0.717) is 6.61 Å². The second kappa shape index (κ2) is 6.06. The number of benzene rings is 1. The maximum absolute atomic E-state index is 10.6. The van der Waals surface area contributed by atoms with Gasteiger partial charge in [-0.25, -0.2) is 0 Å². The van der Waals surface area contributed by atoms with Crippen molar-refractivity contribution in [1.82, 2.24) is 0 Å². The highest BCUT2D eigenvalue weighted by molar-refractivity contribution is 5.65. The molecule has 0 saturated heterocycles. The van der Waals surface area contributed by atoms with E-state index in [9.17, 15) is 4.79 Å². The predicted molar refractivity (Wildman–Crippen MR) is 60.7 cm³/mol. The lowest BCUT2D eigenvalue weighted by Gasteiger charge is -2.06. The van der Waals surface area contributed by atoms with Crippen molar-refractivity contribution in [2.75, 3.05) is 11.9 Å². The number of nitrogens with one attached hydrogen (secondary N) is 1. The Morgan fingerprint density at radius 1 is 1.33 bits per heavy atom. The Kier molecular flexibility index (Phi) is 4.68. The molecule has 0 aromatic heterocycles. The summed E-state index contributed by atoms with van der Waals surface area (Å²) in [4.78, 5) is 10.6. The van der Waals surface area contributed by atoms with Crippen LogP contribution < -0.4 is 5.32 Å². The first-order chi connectivity index (χ1) is 7.22. The van der Waals surface area contributed by atoms with Gasteiger partial charge in [-0.05, 0) is 24.1 Å². The molecule has 0 unspecified atom stereocenters. The molecule has 0 aliphatic heterocycles. The van der Waals surface area contributed by atoms with Gasteiger partial charge in [0.2, 0.25) is 0 Å². The summed E-state index contributed by atoms with van der Waals surface area (Å²) in [7, 11) is 0. The van der Waals surface area contributed by atoms with Crippen LogP contribution in [0.5, 0.6) is 0 Å². The van der Waals surface area contributed by atoms with E-state index < -0.39 is 0 Å². The van der Waals surface area contributed by atoms with Crippen LogP contribution in [0.25, 0.3) is 0 Å². The van der Waals surface area contributed by atoms with E-state index in [0.717, 1.165) is 24.2 Å². The Bertz CT molecular complexity index is 306. The minimum Gasteiger partial charge on any atom is -0.461 e. The Labute approximate surface area is 90.4 Å². The van der Waals surface area contributed by atoms with E-state index in [-0.39, 0.29) is 5.97 Å². The van der Waals surface area contributed by atoms with E-state index in [1.165, 1.54) is 6.92 Å². The average Bonchev–Trinajstić information content (AvgIpc) is 2.25. The number of carbonyl (C=O) groups is 1. The molecule has 0 spiro atoms. The molecule has 0 saturated carbocycles. The highest BCUT2D eigenvalue weighted by atomic mass is 16.5. The van der Waals surface area contributed by atoms with Crippen LogP contribution in [0.1, 0.15) is 25.8 Å². The molecule has 0 bridgehead atoms. The molecule has 15 heavy (non-hydrogen) atoms. The molecule has 82 valence electrons. The summed E-state index contributed by atoms with van der Waals surface area (Å²) in [5, 5.41) is 3.28. The van der Waals surface area contributed by atoms with Crippen molar-refractivity contribution in [3.8, 4) is 0 Å². The van der Waals surface area contributed by atoms with Gasteiger partial charge in [-0.3, -0.25) is 4.79 Å². The van der Waals surface area contributed by atoms with Gasteiger partial charge in [-0.1, -0.05) is 19.1 Å². The molecule has 0 aliphatic carbocycles. The third-order valence-corrected chi connectivity index (χ3v) is 1.98. The molecule has 1 N–H and O–H groups in total. The van der Waals surface area contributed by atoms with E-state index >= 15 is 0 Å². The van der Waals surface area contributed by atoms with E-state index in [1.54, 1.807) is 0 Å². The summed E-state index contributed by atoms with van der Waals surface area (Å²) in [6.45, 7) is 4.87. The minimum absolute atomic E-state index is 0.247. The standard InChI is InChI=1S/C12H17NO2/c1-3-8-13-12-6-4-11(5-7-12)9-15-10(2)14/h4-7,13H,3,8-9H2,1-2H3. The Hall–Kier alpha value is -1.51. The van der Waals surface area contributed by atoms with Crippen molar-refractivity contribution in [2.24, 2.45) is 0 Å². The fourth-order valence-electron chi connectivity index (χ4n) is 1.17. The zero-order valence-corrected chi connectivity index (χ0v) is 9.25. The number of hydrogen-bond donors (Lipinski definition) is 1. The quantitative estimate of drug-likeness (QED) is 0.754. The molecule has 0 amide bonds. The predicted octanol–water partition coefficient (Wildman–Crippen LogP) is 2.57. The van der Waals surface area contributed by atoms with Gasteiger partial charge in [0.15, 0.2) is 0 Å². The van der Waals surface area contributed by atoms with Crippen molar-refractivity contribution < 1.29 is 9.53 Å². The van der Waals surface area contributed by atoms with E-state index in [2.05, 4.69) is 12.2 Å². The zero-order valence-electron chi connectivity index (χ0n) is 9.25. The number of rotatable bonds is 5. The lowest BCUT2D eigenvalue weighted by molar-refractivity contribution is -0.142. The first-order valence-corrected chi connectivity index (χ1v) is 5.18. The molecule has 0 fully saturated rings. The molecule has 0 atom stereocenters. The van der Waals surface area contributed by atoms with Gasteiger partial charge in [-0.2, -0.15) is 0 Å². The normalized spacial score (nSPS) is 9.73. The van der Waals surface area contributed by atoms with Crippen LogP contribution in [0.2, 0.25) is 0 Å². The number of carbonyl (C=O) groups excluding carboxylic acids is 1. The maximum Gasteiger partial charge on any atom is 0.302 e. The van der Waals surface area contributed by atoms with Gasteiger partial charge in [0.25, 0.3) is 0 Å². The van der Waals surface area contributed by atoms with Gasteiger partial charge in [0, 0.05) is 19.2 Å². The molecule has 0 aliphatic rings. The van der Waals surface area contributed by atoms with Crippen LogP contribution in [-0.4, -0.2) is 12.5 Å². The van der Waals surface area contributed by atoms with Gasteiger partial charge in [0.1, 0.15) is 6.61 Å². The van der Waals surface area contributed by atoms with Crippen LogP contribution in [0, 0.1) is 0 Å². The molecule has 3 nitrogen and oxygen atoms in total. The van der Waals surface area contributed by atoms with E-state index in [4.69, 9.17) is 4.74 Å². The lowest BCUT2D eigenvalue weighted by Crippen LogP contribution is -2.01. The lowest BCUT2D eigenvalue weighted by atomic mass is 10.2. The molecule has 0 radical (unpaired) electrons. The minimum atomic E-state index is -0.247. The SMILES string of the molecule is CCCNc1ccc(COC(C)=O)cc1. The molecule has 1 aromatic rings. The average molecular weight is 207 g/mol. The van der Waals surface area contributed by atoms with Crippen LogP contribution in [0.15, 0.2) is 24.3 Å². The topological polar surface area (TPSA) is 38.3 Å². The number of ether oxygens (including phenoxy) is 1. The summed E-state index contributed by atoms with van der Waals surface area (Å²) in [5.41, 5.74) is 2.11. The summed E-state index contributed by atoms with van der Waals surface area (Å²) in [5.74, 6) is -0.247. The summed E-state index contributed by atoms with van der Waals surface area (Å²) in [6, 6.07) is 7.91. The van der Waals surface area contributed by atoms with Gasteiger partial charge in [0.05, 0.1) is 0 Å². The molecule has 3 heteroatoms. The Morgan fingerprint density at radius 3 is 2.53 bits per heavy atom. The number of hydrogen-bond acceptors (Lipinski definition) is 3. The van der Waals surface area contributed by atoms with E-state index in [1.807, 2.05) is 24.3 Å². The summed E-state index contributed by atoms with van der Waals surface area (Å²) >= 11 is 0. The highest BCUT2D eigenvalue weighted by Gasteiger charge is 1.96. The second-order valence-electron chi connectivity index (χ2n) is 3.40. The summed E-state index contributed by atoms with van der Waals surface area (Å²) in [6.07, 6.45) is 1.11. The fourth-order valence-corrected chi connectivity index (χ4v) is 1.17. The van der Waals surface area contributed by atoms with Gasteiger partial charge < -0.3 is 10.1 Å². The van der Waals surface area contributed by atoms with Crippen molar-refractivity contribution in [1.29, 1.82) is 0 Å². The third-order valence-electron chi connectivity index (χ3n) is 1.98. The second-order valence-corrected chi connectivity index (χ2v) is 3.40. The third kappa shape index (κ3) is 4.49. The smallest absolute Gasteiger partial charge is 0.302 e. The fraction of sp³-hybridized carbons (Fsp3) is 0.417. The largest absolute Gasteiger partial charge is 0.461 e. The van der Waals surface area contributed by atoms with Gasteiger partial charge in [-0.15, -0.1) is 0 Å². The van der Waals surface area contributed by atoms with Crippen LogP contribution >= 0.6 is 0 Å². The number of esters is 1. The van der Waals surface area contributed by atoms with Crippen LogP contribution in [-0.2, 0) is 16.1 Å². The highest BCUT2D eigenvalue weighted by Crippen LogP contribution is 2.10. The van der Waals surface area contributed by atoms with Crippen LogP contribution in [0.3, 0.4) is 0 Å². The molecular formula is C12H17NO2.